The molecular formula is C18H14FN3O5S2. The van der Waals surface area contributed by atoms with Gasteiger partial charge in [-0.3, -0.25) is 19.6 Å². The Morgan fingerprint density at radius 2 is 1.86 bits per heavy atom. The summed E-state index contributed by atoms with van der Waals surface area (Å²) in [6.45, 7) is 1.56. The molecule has 0 atom stereocenters. The van der Waals surface area contributed by atoms with Crippen LogP contribution in [0.5, 0.6) is 0 Å². The van der Waals surface area contributed by atoms with Crippen molar-refractivity contribution in [2.45, 2.75) is 11.8 Å². The molecule has 11 heteroatoms. The molecule has 0 bridgehead atoms. The summed E-state index contributed by atoms with van der Waals surface area (Å²) in [5.41, 5.74) is 0.358. The van der Waals surface area contributed by atoms with Crippen LogP contribution in [0.15, 0.2) is 59.5 Å². The van der Waals surface area contributed by atoms with E-state index in [1.165, 1.54) is 48.5 Å². The summed E-state index contributed by atoms with van der Waals surface area (Å²) in [4.78, 5) is 22.4. The van der Waals surface area contributed by atoms with E-state index in [9.17, 15) is 27.7 Å². The van der Waals surface area contributed by atoms with Crippen LogP contribution in [0.2, 0.25) is 0 Å². The first kappa shape index (κ1) is 20.4. The molecule has 3 rings (SSSR count). The van der Waals surface area contributed by atoms with E-state index in [2.05, 4.69) is 10.0 Å². The number of thiophene rings is 1. The predicted molar refractivity (Wildman–Crippen MR) is 107 cm³/mol. The van der Waals surface area contributed by atoms with Gasteiger partial charge in [0.25, 0.3) is 15.9 Å². The summed E-state index contributed by atoms with van der Waals surface area (Å²) in [7, 11) is -4.12. The maximum absolute atomic E-state index is 13.8. The first-order chi connectivity index (χ1) is 13.7. The Kier molecular flexibility index (Phi) is 5.62. The molecule has 0 radical (unpaired) electrons. The molecule has 0 saturated carbocycles. The highest BCUT2D eigenvalue weighted by Crippen LogP contribution is 2.27. The lowest BCUT2D eigenvalue weighted by atomic mass is 10.2. The number of nitrogens with zero attached hydrogens (tertiary/aromatic N) is 1. The van der Waals surface area contributed by atoms with E-state index in [1.807, 2.05) is 0 Å². The highest BCUT2D eigenvalue weighted by atomic mass is 32.2. The summed E-state index contributed by atoms with van der Waals surface area (Å²) in [6, 6.07) is 12.1. The van der Waals surface area contributed by atoms with Gasteiger partial charge in [0.1, 0.15) is 5.82 Å². The van der Waals surface area contributed by atoms with E-state index in [1.54, 1.807) is 6.92 Å². The lowest BCUT2D eigenvalue weighted by molar-refractivity contribution is -0.380. The Labute approximate surface area is 169 Å². The van der Waals surface area contributed by atoms with Gasteiger partial charge in [0, 0.05) is 11.8 Å². The molecule has 29 heavy (non-hydrogen) atoms. The molecule has 0 saturated heterocycles. The van der Waals surface area contributed by atoms with Crippen LogP contribution in [0.25, 0.3) is 0 Å². The van der Waals surface area contributed by atoms with Gasteiger partial charge in [0.15, 0.2) is 0 Å². The smallest absolute Gasteiger partial charge is 0.321 e. The zero-order valence-corrected chi connectivity index (χ0v) is 16.5. The Balaban J connectivity index is 1.86. The predicted octanol–water partition coefficient (Wildman–Crippen LogP) is 4.16. The topological polar surface area (TPSA) is 118 Å². The van der Waals surface area contributed by atoms with Crippen molar-refractivity contribution in [1.29, 1.82) is 0 Å². The molecule has 3 aromatic rings. The van der Waals surface area contributed by atoms with Crippen molar-refractivity contribution in [2.24, 2.45) is 0 Å². The fourth-order valence-electron chi connectivity index (χ4n) is 2.45. The summed E-state index contributed by atoms with van der Waals surface area (Å²) in [5.74, 6) is -1.34. The van der Waals surface area contributed by atoms with Crippen molar-refractivity contribution >= 4 is 43.6 Å². The van der Waals surface area contributed by atoms with Crippen molar-refractivity contribution in [2.75, 3.05) is 10.0 Å². The number of halogens is 1. The standard InChI is InChI=1S/C18H14FN3O5S2/c1-11-6-7-12(20-18(23)15-8-9-17(28-15)22(24)25)10-16(11)29(26,27)21-14-5-3-2-4-13(14)19/h2-10,21H,1H3,(H,20,23). The molecule has 1 amide bonds. The van der Waals surface area contributed by atoms with E-state index in [-0.39, 0.29) is 26.1 Å². The number of aryl methyl sites for hydroxylation is 1. The van der Waals surface area contributed by atoms with E-state index in [0.29, 0.717) is 16.9 Å². The fourth-order valence-corrected chi connectivity index (χ4v) is 4.51. The zero-order chi connectivity index (χ0) is 21.2. The van der Waals surface area contributed by atoms with Gasteiger partial charge >= 0.3 is 5.00 Å². The monoisotopic (exact) mass is 435 g/mol. The summed E-state index contributed by atoms with van der Waals surface area (Å²) in [5, 5.41) is 13.1. The number of anilines is 2. The number of carbonyl (C=O) groups excluding carboxylic acids is 1. The van der Waals surface area contributed by atoms with Crippen LogP contribution in [0.4, 0.5) is 20.8 Å². The maximum Gasteiger partial charge on any atom is 0.324 e. The highest BCUT2D eigenvalue weighted by Gasteiger charge is 2.20. The minimum Gasteiger partial charge on any atom is -0.321 e. The third-order valence-electron chi connectivity index (χ3n) is 3.85. The normalized spacial score (nSPS) is 11.1. The van der Waals surface area contributed by atoms with Gasteiger partial charge in [0.05, 0.1) is 20.4 Å². The Hall–Kier alpha value is -3.31. The molecule has 0 aliphatic carbocycles. The van der Waals surface area contributed by atoms with Crippen molar-refractivity contribution in [3.8, 4) is 0 Å². The van der Waals surface area contributed by atoms with Crippen LogP contribution < -0.4 is 10.0 Å². The SMILES string of the molecule is Cc1ccc(NC(=O)c2ccc([N+](=O)[O-])s2)cc1S(=O)(=O)Nc1ccccc1F. The second kappa shape index (κ2) is 7.97. The third kappa shape index (κ3) is 4.58. The summed E-state index contributed by atoms with van der Waals surface area (Å²) < 4.78 is 41.4. The number of hydrogen-bond donors (Lipinski definition) is 2. The maximum atomic E-state index is 13.8. The number of nitro groups is 1. The minimum atomic E-state index is -4.12. The number of amides is 1. The van der Waals surface area contributed by atoms with Crippen molar-refractivity contribution in [3.05, 3.63) is 81.0 Å². The molecule has 2 aromatic carbocycles. The van der Waals surface area contributed by atoms with Crippen LogP contribution in [0.3, 0.4) is 0 Å². The Morgan fingerprint density at radius 3 is 2.52 bits per heavy atom. The van der Waals surface area contributed by atoms with Crippen molar-refractivity contribution < 1.29 is 22.5 Å². The fraction of sp³-hybridized carbons (Fsp3) is 0.0556. The molecule has 1 heterocycles. The Bertz CT molecular complexity index is 1210. The second-order valence-corrected chi connectivity index (χ2v) is 8.63. The molecule has 8 nitrogen and oxygen atoms in total. The number of nitrogens with one attached hydrogen (secondary N) is 2. The second-order valence-electron chi connectivity index (χ2n) is 5.91. The number of sulfonamides is 1. The van der Waals surface area contributed by atoms with Crippen LogP contribution in [-0.4, -0.2) is 19.2 Å². The van der Waals surface area contributed by atoms with Gasteiger partial charge in [-0.1, -0.05) is 29.5 Å². The lowest BCUT2D eigenvalue weighted by Crippen LogP contribution is -2.16. The van der Waals surface area contributed by atoms with E-state index in [4.69, 9.17) is 0 Å². The molecule has 0 fully saturated rings. The molecule has 0 aliphatic rings. The summed E-state index contributed by atoms with van der Waals surface area (Å²) in [6.07, 6.45) is 0. The van der Waals surface area contributed by atoms with Gasteiger partial charge in [0.2, 0.25) is 0 Å². The van der Waals surface area contributed by atoms with Gasteiger partial charge in [-0.2, -0.15) is 0 Å². The van der Waals surface area contributed by atoms with E-state index < -0.39 is 26.7 Å². The number of para-hydroxylation sites is 1. The number of carbonyl (C=O) groups is 1. The quantitative estimate of drug-likeness (QED) is 0.445. The molecule has 0 unspecified atom stereocenters. The number of rotatable bonds is 6. The first-order valence-electron chi connectivity index (χ1n) is 8.11. The molecule has 1 aromatic heterocycles. The van der Waals surface area contributed by atoms with Gasteiger partial charge < -0.3 is 5.32 Å². The lowest BCUT2D eigenvalue weighted by Gasteiger charge is -2.13. The van der Waals surface area contributed by atoms with Crippen molar-refractivity contribution in [3.63, 3.8) is 0 Å². The number of hydrogen-bond acceptors (Lipinski definition) is 6. The van der Waals surface area contributed by atoms with Gasteiger partial charge in [-0.15, -0.1) is 0 Å². The van der Waals surface area contributed by atoms with Gasteiger partial charge in [-0.25, -0.2) is 12.8 Å². The van der Waals surface area contributed by atoms with Crippen LogP contribution in [0.1, 0.15) is 15.2 Å². The summed E-state index contributed by atoms with van der Waals surface area (Å²) >= 11 is 0.701. The van der Waals surface area contributed by atoms with Crippen LogP contribution in [-0.2, 0) is 10.0 Å². The minimum absolute atomic E-state index is 0.103. The highest BCUT2D eigenvalue weighted by molar-refractivity contribution is 7.92. The third-order valence-corrected chi connectivity index (χ3v) is 6.39. The van der Waals surface area contributed by atoms with Gasteiger partial charge in [-0.05, 0) is 42.8 Å². The molecule has 0 aliphatic heterocycles. The molecule has 0 spiro atoms. The zero-order valence-electron chi connectivity index (χ0n) is 14.9. The molecule has 2 N–H and O–H groups in total. The molecule has 150 valence electrons. The average Bonchev–Trinajstić information content (AvgIpc) is 3.15. The largest absolute Gasteiger partial charge is 0.324 e. The van der Waals surface area contributed by atoms with E-state index >= 15 is 0 Å². The van der Waals surface area contributed by atoms with E-state index in [0.717, 1.165) is 6.07 Å². The first-order valence-corrected chi connectivity index (χ1v) is 10.4. The average molecular weight is 435 g/mol. The van der Waals surface area contributed by atoms with Crippen molar-refractivity contribution in [1.82, 2.24) is 0 Å². The molecular weight excluding hydrogens is 421 g/mol. The van der Waals surface area contributed by atoms with Crippen LogP contribution in [0, 0.1) is 22.9 Å². The van der Waals surface area contributed by atoms with Crippen LogP contribution >= 0.6 is 11.3 Å². The Morgan fingerprint density at radius 1 is 1.14 bits per heavy atom. The number of benzene rings is 2.